The number of para-hydroxylation sites is 1. The molecule has 0 spiro atoms. The number of rotatable bonds is 5. The zero-order chi connectivity index (χ0) is 17.7. The summed E-state index contributed by atoms with van der Waals surface area (Å²) in [5.74, 6) is -0.578. The summed E-state index contributed by atoms with van der Waals surface area (Å²) in [6.45, 7) is -0.570. The molecule has 0 aliphatic heterocycles. The van der Waals surface area contributed by atoms with E-state index >= 15 is 0 Å². The second-order valence-electron chi connectivity index (χ2n) is 4.88. The molecule has 2 aromatic rings. The number of aliphatic hydroxyl groups is 1. The van der Waals surface area contributed by atoms with Crippen molar-refractivity contribution in [2.75, 3.05) is 11.1 Å². The average Bonchev–Trinajstić information content (AvgIpc) is 2.53. The van der Waals surface area contributed by atoms with Crippen LogP contribution in [0, 0.1) is 0 Å². The van der Waals surface area contributed by atoms with Crippen molar-refractivity contribution in [3.05, 3.63) is 53.6 Å². The molecule has 128 valence electrons. The highest BCUT2D eigenvalue weighted by Crippen LogP contribution is 2.32. The topological polar surface area (TPSA) is 69.6 Å². The van der Waals surface area contributed by atoms with Crippen molar-refractivity contribution in [2.24, 2.45) is 0 Å². The number of aliphatic hydroxyl groups excluding tert-OH is 1. The molecule has 24 heavy (non-hydrogen) atoms. The Hall–Kier alpha value is -2.19. The Labute approximate surface area is 140 Å². The molecule has 8 heteroatoms. The molecule has 0 aliphatic carbocycles. The maximum Gasteiger partial charge on any atom is 0.416 e. The quantitative estimate of drug-likeness (QED) is 0.715. The Morgan fingerprint density at radius 2 is 1.88 bits per heavy atom. The number of carbonyl (C=O) groups excluding carboxylic acids is 1. The van der Waals surface area contributed by atoms with Crippen LogP contribution in [-0.2, 0) is 17.6 Å². The Bertz CT molecular complexity index is 735. The predicted molar refractivity (Wildman–Crippen MR) is 84.8 cm³/mol. The first-order valence-corrected chi connectivity index (χ1v) is 7.81. The maximum absolute atomic E-state index is 12.8. The molecule has 0 fully saturated rings. The van der Waals surface area contributed by atoms with E-state index in [-0.39, 0.29) is 22.8 Å². The van der Waals surface area contributed by atoms with E-state index in [1.165, 1.54) is 12.1 Å². The molecule has 0 aliphatic rings. The van der Waals surface area contributed by atoms with Gasteiger partial charge in [0.2, 0.25) is 5.91 Å². The van der Waals surface area contributed by atoms with Crippen molar-refractivity contribution >= 4 is 23.4 Å². The number of hydrogen-bond donors (Lipinski definition) is 3. The summed E-state index contributed by atoms with van der Waals surface area (Å²) < 4.78 is 38.4. The molecule has 2 rings (SSSR count). The third-order valence-corrected chi connectivity index (χ3v) is 4.07. The van der Waals surface area contributed by atoms with Crippen molar-refractivity contribution in [1.29, 1.82) is 0 Å². The number of phenolic OH excluding ortho intramolecular Hbond substituents is 1. The summed E-state index contributed by atoms with van der Waals surface area (Å²) in [4.78, 5) is 12.4. The van der Waals surface area contributed by atoms with E-state index in [0.717, 1.165) is 23.9 Å². The van der Waals surface area contributed by atoms with Crippen LogP contribution in [0.4, 0.5) is 18.9 Å². The van der Waals surface area contributed by atoms with Crippen molar-refractivity contribution in [2.45, 2.75) is 17.7 Å². The first kappa shape index (κ1) is 18.2. The minimum absolute atomic E-state index is 0.0249. The Kier molecular flexibility index (Phi) is 5.74. The van der Waals surface area contributed by atoms with Crippen molar-refractivity contribution in [1.82, 2.24) is 0 Å². The van der Waals surface area contributed by atoms with E-state index in [9.17, 15) is 23.1 Å². The highest BCUT2D eigenvalue weighted by Gasteiger charge is 2.31. The van der Waals surface area contributed by atoms with Gasteiger partial charge in [-0.1, -0.05) is 12.1 Å². The first-order valence-electron chi connectivity index (χ1n) is 6.82. The summed E-state index contributed by atoms with van der Waals surface area (Å²) in [5.41, 5.74) is -0.942. The summed E-state index contributed by atoms with van der Waals surface area (Å²) in [6.07, 6.45) is -4.57. The Balaban J connectivity index is 2.07. The number of amides is 1. The standard InChI is InChI=1S/C16H14F3NO3S/c17-16(18,19)11-5-10(8-21)6-12(7-11)20-15(23)9-24-14-4-2-1-3-13(14)22/h1-7,21-22H,8-9H2,(H,20,23). The van der Waals surface area contributed by atoms with E-state index in [0.29, 0.717) is 4.90 Å². The van der Waals surface area contributed by atoms with E-state index < -0.39 is 24.3 Å². The number of thioether (sulfide) groups is 1. The first-order chi connectivity index (χ1) is 11.3. The second-order valence-corrected chi connectivity index (χ2v) is 5.90. The van der Waals surface area contributed by atoms with Gasteiger partial charge in [-0.15, -0.1) is 11.8 Å². The van der Waals surface area contributed by atoms with E-state index in [1.54, 1.807) is 18.2 Å². The van der Waals surface area contributed by atoms with Crippen LogP contribution in [0.15, 0.2) is 47.4 Å². The van der Waals surface area contributed by atoms with Crippen molar-refractivity contribution in [3.63, 3.8) is 0 Å². The molecule has 2 aromatic carbocycles. The van der Waals surface area contributed by atoms with Gasteiger partial charge in [0.05, 0.1) is 17.9 Å². The van der Waals surface area contributed by atoms with Crippen LogP contribution < -0.4 is 5.32 Å². The van der Waals surface area contributed by atoms with Crippen molar-refractivity contribution in [3.8, 4) is 5.75 Å². The average molecular weight is 357 g/mol. The fourth-order valence-corrected chi connectivity index (χ4v) is 2.69. The van der Waals surface area contributed by atoms with Crippen LogP contribution in [-0.4, -0.2) is 21.9 Å². The van der Waals surface area contributed by atoms with Gasteiger partial charge in [0.1, 0.15) is 5.75 Å². The zero-order valence-electron chi connectivity index (χ0n) is 12.3. The van der Waals surface area contributed by atoms with Crippen LogP contribution in [0.5, 0.6) is 5.75 Å². The molecule has 0 bridgehead atoms. The molecule has 4 nitrogen and oxygen atoms in total. The third kappa shape index (κ3) is 4.90. The molecule has 0 saturated carbocycles. The van der Waals surface area contributed by atoms with Gasteiger partial charge in [-0.25, -0.2) is 0 Å². The third-order valence-electron chi connectivity index (χ3n) is 3.01. The molecule has 0 heterocycles. The molecule has 0 aromatic heterocycles. The van der Waals surface area contributed by atoms with Crippen molar-refractivity contribution < 1.29 is 28.2 Å². The molecule has 0 unspecified atom stereocenters. The Morgan fingerprint density at radius 1 is 1.17 bits per heavy atom. The van der Waals surface area contributed by atoms with Gasteiger partial charge in [0, 0.05) is 10.6 Å². The number of benzene rings is 2. The maximum atomic E-state index is 12.8. The lowest BCUT2D eigenvalue weighted by molar-refractivity contribution is -0.137. The summed E-state index contributed by atoms with van der Waals surface area (Å²) >= 11 is 1.06. The molecule has 0 saturated heterocycles. The van der Waals surface area contributed by atoms with E-state index in [1.807, 2.05) is 0 Å². The lowest BCUT2D eigenvalue weighted by atomic mass is 10.1. The lowest BCUT2D eigenvalue weighted by Gasteiger charge is -2.12. The Morgan fingerprint density at radius 3 is 2.50 bits per heavy atom. The summed E-state index contributed by atoms with van der Waals surface area (Å²) in [7, 11) is 0. The highest BCUT2D eigenvalue weighted by atomic mass is 32.2. The van der Waals surface area contributed by atoms with Crippen LogP contribution in [0.25, 0.3) is 0 Å². The van der Waals surface area contributed by atoms with Gasteiger partial charge in [0.15, 0.2) is 0 Å². The van der Waals surface area contributed by atoms with Gasteiger partial charge in [-0.2, -0.15) is 13.2 Å². The van der Waals surface area contributed by atoms with Gasteiger partial charge in [-0.05, 0) is 35.9 Å². The van der Waals surface area contributed by atoms with Gasteiger partial charge >= 0.3 is 6.18 Å². The number of carbonyl (C=O) groups is 1. The highest BCUT2D eigenvalue weighted by molar-refractivity contribution is 8.00. The van der Waals surface area contributed by atoms with Crippen LogP contribution in [0.1, 0.15) is 11.1 Å². The van der Waals surface area contributed by atoms with E-state index in [2.05, 4.69) is 5.32 Å². The monoisotopic (exact) mass is 357 g/mol. The minimum Gasteiger partial charge on any atom is -0.507 e. The van der Waals surface area contributed by atoms with Gasteiger partial charge < -0.3 is 15.5 Å². The molecule has 0 atom stereocenters. The summed E-state index contributed by atoms with van der Waals surface area (Å²) in [5, 5.41) is 21.0. The number of alkyl halides is 3. The normalized spacial score (nSPS) is 11.3. The number of anilines is 1. The number of halogens is 3. The molecule has 0 radical (unpaired) electrons. The summed E-state index contributed by atoms with van der Waals surface area (Å²) in [6, 6.07) is 9.34. The zero-order valence-corrected chi connectivity index (χ0v) is 13.1. The van der Waals surface area contributed by atoms with Crippen LogP contribution >= 0.6 is 11.8 Å². The molecular weight excluding hydrogens is 343 g/mol. The van der Waals surface area contributed by atoms with Crippen LogP contribution in [0.2, 0.25) is 0 Å². The van der Waals surface area contributed by atoms with Gasteiger partial charge in [0.25, 0.3) is 0 Å². The smallest absolute Gasteiger partial charge is 0.416 e. The van der Waals surface area contributed by atoms with Gasteiger partial charge in [-0.3, -0.25) is 4.79 Å². The number of phenols is 1. The molecular formula is C16H14F3NO3S. The lowest BCUT2D eigenvalue weighted by Crippen LogP contribution is -2.15. The van der Waals surface area contributed by atoms with E-state index in [4.69, 9.17) is 5.11 Å². The number of hydrogen-bond acceptors (Lipinski definition) is 4. The number of nitrogens with one attached hydrogen (secondary N) is 1. The molecule has 1 amide bonds. The SMILES string of the molecule is O=C(CSc1ccccc1O)Nc1cc(CO)cc(C(F)(F)F)c1. The second kappa shape index (κ2) is 7.59. The minimum atomic E-state index is -4.57. The van der Waals surface area contributed by atoms with Crippen LogP contribution in [0.3, 0.4) is 0 Å². The molecule has 3 N–H and O–H groups in total. The fourth-order valence-electron chi connectivity index (χ4n) is 1.94. The predicted octanol–water partition coefficient (Wildman–Crippen LogP) is 3.63. The number of aromatic hydroxyl groups is 1. The fraction of sp³-hybridized carbons (Fsp3) is 0.188. The largest absolute Gasteiger partial charge is 0.507 e.